The molecule has 1 unspecified atom stereocenters. The topological polar surface area (TPSA) is 38.5 Å². The van der Waals surface area contributed by atoms with Crippen LogP contribution >= 0.6 is 0 Å². The monoisotopic (exact) mass is 288 g/mol. The van der Waals surface area contributed by atoms with Gasteiger partial charge in [0.15, 0.2) is 0 Å². The fraction of sp³-hybridized carbons (Fsp3) is 0.667. The highest BCUT2D eigenvalue weighted by Gasteiger charge is 2.42. The highest BCUT2D eigenvalue weighted by molar-refractivity contribution is 5.46. The van der Waals surface area contributed by atoms with Gasteiger partial charge in [-0.25, -0.2) is 0 Å². The van der Waals surface area contributed by atoms with Crippen LogP contribution < -0.4 is 10.6 Å². The standard InChI is InChI=1S/C18H28N2O/c19-13-6-14-20(16-7-2-1-3-8-16)15-17-9-12-18(21-17)10-4-5-11-18/h1-3,7-8,17H,4-6,9-15,19H2. The zero-order chi connectivity index (χ0) is 14.5. The van der Waals surface area contributed by atoms with Gasteiger partial charge >= 0.3 is 0 Å². The van der Waals surface area contributed by atoms with E-state index in [2.05, 4.69) is 35.2 Å². The molecule has 3 heteroatoms. The lowest BCUT2D eigenvalue weighted by Crippen LogP contribution is -2.35. The summed E-state index contributed by atoms with van der Waals surface area (Å²) in [5.41, 5.74) is 7.23. The zero-order valence-corrected chi connectivity index (χ0v) is 13.0. The Morgan fingerprint density at radius 3 is 2.62 bits per heavy atom. The molecule has 1 aliphatic heterocycles. The Balaban J connectivity index is 1.62. The van der Waals surface area contributed by atoms with Crippen molar-refractivity contribution < 1.29 is 4.74 Å². The number of anilines is 1. The molecule has 116 valence electrons. The van der Waals surface area contributed by atoms with Crippen LogP contribution in [0.15, 0.2) is 30.3 Å². The van der Waals surface area contributed by atoms with Crippen LogP contribution in [0.4, 0.5) is 5.69 Å². The third-order valence-corrected chi connectivity index (χ3v) is 5.03. The van der Waals surface area contributed by atoms with Crippen LogP contribution in [0.5, 0.6) is 0 Å². The summed E-state index contributed by atoms with van der Waals surface area (Å²) in [4.78, 5) is 2.45. The maximum absolute atomic E-state index is 6.47. The van der Waals surface area contributed by atoms with Crippen molar-refractivity contribution in [3.05, 3.63) is 30.3 Å². The summed E-state index contributed by atoms with van der Waals surface area (Å²) in [6.45, 7) is 2.78. The lowest BCUT2D eigenvalue weighted by Gasteiger charge is -2.29. The van der Waals surface area contributed by atoms with Crippen LogP contribution in [0, 0.1) is 0 Å². The van der Waals surface area contributed by atoms with Crippen molar-refractivity contribution in [1.82, 2.24) is 0 Å². The molecule has 1 spiro atoms. The molecule has 1 heterocycles. The quantitative estimate of drug-likeness (QED) is 0.872. The molecule has 1 aromatic carbocycles. The Kier molecular flexibility index (Phi) is 4.81. The molecule has 3 rings (SSSR count). The second-order valence-corrected chi connectivity index (χ2v) is 6.59. The molecule has 1 atom stereocenters. The Morgan fingerprint density at radius 1 is 1.14 bits per heavy atom. The number of benzene rings is 1. The highest BCUT2D eigenvalue weighted by atomic mass is 16.5. The van der Waals surface area contributed by atoms with Crippen molar-refractivity contribution >= 4 is 5.69 Å². The van der Waals surface area contributed by atoms with Crippen LogP contribution in [0.3, 0.4) is 0 Å². The molecule has 1 aromatic rings. The van der Waals surface area contributed by atoms with Crippen molar-refractivity contribution in [3.8, 4) is 0 Å². The van der Waals surface area contributed by atoms with Gasteiger partial charge in [-0.05, 0) is 50.8 Å². The first-order valence-electron chi connectivity index (χ1n) is 8.49. The largest absolute Gasteiger partial charge is 0.370 e. The van der Waals surface area contributed by atoms with Gasteiger partial charge < -0.3 is 15.4 Å². The molecule has 0 amide bonds. The number of nitrogens with zero attached hydrogens (tertiary/aromatic N) is 1. The summed E-state index contributed by atoms with van der Waals surface area (Å²) in [5, 5.41) is 0. The van der Waals surface area contributed by atoms with E-state index < -0.39 is 0 Å². The Labute approximate surface area is 128 Å². The van der Waals surface area contributed by atoms with E-state index in [1.54, 1.807) is 0 Å². The molecule has 21 heavy (non-hydrogen) atoms. The first-order valence-corrected chi connectivity index (χ1v) is 8.49. The molecular weight excluding hydrogens is 260 g/mol. The van der Waals surface area contributed by atoms with E-state index in [0.29, 0.717) is 6.10 Å². The highest BCUT2D eigenvalue weighted by Crippen LogP contribution is 2.43. The Bertz CT molecular complexity index is 428. The average Bonchev–Trinajstić information content (AvgIpc) is 3.15. The number of para-hydroxylation sites is 1. The summed E-state index contributed by atoms with van der Waals surface area (Å²) in [7, 11) is 0. The minimum absolute atomic E-state index is 0.237. The molecule has 0 bridgehead atoms. The molecule has 2 N–H and O–H groups in total. The molecule has 1 saturated heterocycles. The third-order valence-electron chi connectivity index (χ3n) is 5.03. The van der Waals surface area contributed by atoms with E-state index >= 15 is 0 Å². The molecule has 1 aliphatic carbocycles. The third kappa shape index (κ3) is 3.58. The molecule has 3 nitrogen and oxygen atoms in total. The van der Waals surface area contributed by atoms with E-state index in [0.717, 1.165) is 26.1 Å². The zero-order valence-electron chi connectivity index (χ0n) is 13.0. The Hall–Kier alpha value is -1.06. The normalized spacial score (nSPS) is 23.8. The summed E-state index contributed by atoms with van der Waals surface area (Å²) in [5.74, 6) is 0. The van der Waals surface area contributed by atoms with E-state index in [1.165, 1.54) is 44.2 Å². The van der Waals surface area contributed by atoms with Gasteiger partial charge in [-0.2, -0.15) is 0 Å². The second kappa shape index (κ2) is 6.80. The summed E-state index contributed by atoms with van der Waals surface area (Å²) < 4.78 is 6.47. The van der Waals surface area contributed by atoms with Crippen LogP contribution in [0.25, 0.3) is 0 Å². The fourth-order valence-corrected chi connectivity index (χ4v) is 3.90. The summed E-state index contributed by atoms with van der Waals surface area (Å²) in [6, 6.07) is 10.7. The maximum atomic E-state index is 6.47. The number of nitrogens with two attached hydrogens (primary N) is 1. The van der Waals surface area contributed by atoms with Crippen molar-refractivity contribution in [1.29, 1.82) is 0 Å². The van der Waals surface area contributed by atoms with E-state index in [-0.39, 0.29) is 5.60 Å². The van der Waals surface area contributed by atoms with Crippen molar-refractivity contribution in [2.45, 2.75) is 56.7 Å². The second-order valence-electron chi connectivity index (χ2n) is 6.59. The average molecular weight is 288 g/mol. The van der Waals surface area contributed by atoms with Crippen LogP contribution in [-0.2, 0) is 4.74 Å². The van der Waals surface area contributed by atoms with Crippen LogP contribution in [0.2, 0.25) is 0 Å². The van der Waals surface area contributed by atoms with Gasteiger partial charge in [0.2, 0.25) is 0 Å². The molecule has 0 radical (unpaired) electrons. The lowest BCUT2D eigenvalue weighted by molar-refractivity contribution is -0.0328. The first-order chi connectivity index (χ1) is 10.3. The van der Waals surface area contributed by atoms with Crippen LogP contribution in [0.1, 0.15) is 44.9 Å². The number of rotatable bonds is 6. The minimum Gasteiger partial charge on any atom is -0.370 e. The predicted molar refractivity (Wildman–Crippen MR) is 87.6 cm³/mol. The maximum Gasteiger partial charge on any atom is 0.0758 e. The molecule has 2 aliphatic rings. The first kappa shape index (κ1) is 14.9. The summed E-state index contributed by atoms with van der Waals surface area (Å²) >= 11 is 0. The van der Waals surface area contributed by atoms with Crippen LogP contribution in [-0.4, -0.2) is 31.3 Å². The number of hydrogen-bond acceptors (Lipinski definition) is 3. The number of ether oxygens (including phenoxy) is 1. The van der Waals surface area contributed by atoms with Gasteiger partial charge in [0, 0.05) is 18.8 Å². The van der Waals surface area contributed by atoms with Gasteiger partial charge in [-0.1, -0.05) is 31.0 Å². The van der Waals surface area contributed by atoms with E-state index in [9.17, 15) is 0 Å². The van der Waals surface area contributed by atoms with E-state index in [1.807, 2.05) is 0 Å². The van der Waals surface area contributed by atoms with Crippen molar-refractivity contribution in [2.24, 2.45) is 5.73 Å². The fourth-order valence-electron chi connectivity index (χ4n) is 3.90. The number of hydrogen-bond donors (Lipinski definition) is 1. The van der Waals surface area contributed by atoms with Gasteiger partial charge in [0.25, 0.3) is 0 Å². The summed E-state index contributed by atoms with van der Waals surface area (Å²) in [6.07, 6.45) is 9.15. The molecule has 0 aromatic heterocycles. The molecular formula is C18H28N2O. The van der Waals surface area contributed by atoms with Gasteiger partial charge in [0.05, 0.1) is 11.7 Å². The lowest BCUT2D eigenvalue weighted by atomic mass is 9.98. The SMILES string of the molecule is NCCCN(CC1CCC2(CCCC2)O1)c1ccccc1. The van der Waals surface area contributed by atoms with Crippen molar-refractivity contribution in [2.75, 3.05) is 24.5 Å². The smallest absolute Gasteiger partial charge is 0.0758 e. The van der Waals surface area contributed by atoms with Crippen molar-refractivity contribution in [3.63, 3.8) is 0 Å². The van der Waals surface area contributed by atoms with Gasteiger partial charge in [-0.3, -0.25) is 0 Å². The van der Waals surface area contributed by atoms with Gasteiger partial charge in [-0.15, -0.1) is 0 Å². The van der Waals surface area contributed by atoms with Gasteiger partial charge in [0.1, 0.15) is 0 Å². The minimum atomic E-state index is 0.237. The molecule has 2 fully saturated rings. The Morgan fingerprint density at radius 2 is 1.90 bits per heavy atom. The molecule has 1 saturated carbocycles. The van der Waals surface area contributed by atoms with E-state index in [4.69, 9.17) is 10.5 Å². The predicted octanol–water partition coefficient (Wildman–Crippen LogP) is 3.33.